The van der Waals surface area contributed by atoms with Crippen LogP contribution in [0, 0.1) is 23.7 Å². The van der Waals surface area contributed by atoms with Gasteiger partial charge in [0.25, 0.3) is 0 Å². The summed E-state index contributed by atoms with van der Waals surface area (Å²) in [4.78, 5) is 10.8. The predicted molar refractivity (Wildman–Crippen MR) is 61.3 cm³/mol. The molecule has 0 aliphatic heterocycles. The van der Waals surface area contributed by atoms with E-state index in [2.05, 4.69) is 23.7 Å². The van der Waals surface area contributed by atoms with E-state index in [1.54, 1.807) is 24.3 Å². The summed E-state index contributed by atoms with van der Waals surface area (Å²) < 4.78 is 0. The molecule has 1 aromatic rings. The molecule has 0 heterocycles. The Morgan fingerprint density at radius 1 is 1.25 bits per heavy atom. The SMILES string of the molecule is NC(=O)c1ccc(C#CC#CCCO)cc1. The maximum atomic E-state index is 10.8. The molecule has 0 saturated heterocycles. The number of aliphatic hydroxyl groups excluding tert-OH is 1. The van der Waals surface area contributed by atoms with Gasteiger partial charge in [-0.1, -0.05) is 11.8 Å². The van der Waals surface area contributed by atoms with Gasteiger partial charge in [-0.3, -0.25) is 4.79 Å². The van der Waals surface area contributed by atoms with E-state index in [-0.39, 0.29) is 6.61 Å². The fourth-order valence-corrected chi connectivity index (χ4v) is 0.984. The van der Waals surface area contributed by atoms with E-state index in [0.717, 1.165) is 5.56 Å². The van der Waals surface area contributed by atoms with Crippen molar-refractivity contribution in [2.24, 2.45) is 5.73 Å². The zero-order chi connectivity index (χ0) is 11.8. The van der Waals surface area contributed by atoms with Gasteiger partial charge < -0.3 is 10.8 Å². The second-order valence-electron chi connectivity index (χ2n) is 2.97. The quantitative estimate of drug-likeness (QED) is 0.703. The summed E-state index contributed by atoms with van der Waals surface area (Å²) >= 11 is 0. The molecule has 1 rings (SSSR count). The molecule has 0 aliphatic rings. The van der Waals surface area contributed by atoms with Crippen LogP contribution in [0.1, 0.15) is 22.3 Å². The summed E-state index contributed by atoms with van der Waals surface area (Å²) in [6.45, 7) is 0.0436. The minimum atomic E-state index is -0.456. The fraction of sp³-hybridized carbons (Fsp3) is 0.154. The maximum absolute atomic E-state index is 10.8. The molecule has 80 valence electrons. The lowest BCUT2D eigenvalue weighted by Crippen LogP contribution is -2.10. The highest BCUT2D eigenvalue weighted by molar-refractivity contribution is 5.92. The van der Waals surface area contributed by atoms with E-state index in [9.17, 15) is 4.79 Å². The minimum absolute atomic E-state index is 0.0436. The average Bonchev–Trinajstić information content (AvgIpc) is 2.29. The number of hydrogen-bond donors (Lipinski definition) is 2. The van der Waals surface area contributed by atoms with E-state index >= 15 is 0 Å². The summed E-state index contributed by atoms with van der Waals surface area (Å²) in [5, 5.41) is 8.47. The highest BCUT2D eigenvalue weighted by Crippen LogP contribution is 2.01. The Morgan fingerprint density at radius 2 is 1.94 bits per heavy atom. The Labute approximate surface area is 94.3 Å². The van der Waals surface area contributed by atoms with Gasteiger partial charge in [0.2, 0.25) is 5.91 Å². The Balaban J connectivity index is 2.69. The molecule has 16 heavy (non-hydrogen) atoms. The first-order chi connectivity index (χ1) is 7.74. The third-order valence-electron chi connectivity index (χ3n) is 1.76. The van der Waals surface area contributed by atoms with Crippen LogP contribution in [0.15, 0.2) is 24.3 Å². The number of aliphatic hydroxyl groups is 1. The third kappa shape index (κ3) is 3.88. The van der Waals surface area contributed by atoms with Gasteiger partial charge in [-0.25, -0.2) is 0 Å². The lowest BCUT2D eigenvalue weighted by molar-refractivity contribution is 0.100. The van der Waals surface area contributed by atoms with Crippen molar-refractivity contribution in [3.63, 3.8) is 0 Å². The predicted octanol–water partition coefficient (Wildman–Crippen LogP) is 0.523. The Kier molecular flexibility index (Phi) is 4.66. The molecule has 0 radical (unpaired) electrons. The topological polar surface area (TPSA) is 63.3 Å². The molecule has 0 aromatic heterocycles. The van der Waals surface area contributed by atoms with Crippen molar-refractivity contribution >= 4 is 5.91 Å². The van der Waals surface area contributed by atoms with Crippen molar-refractivity contribution < 1.29 is 9.90 Å². The number of carbonyl (C=O) groups is 1. The number of nitrogens with two attached hydrogens (primary N) is 1. The van der Waals surface area contributed by atoms with Crippen LogP contribution >= 0.6 is 0 Å². The Bertz CT molecular complexity index is 481. The molecule has 0 bridgehead atoms. The van der Waals surface area contributed by atoms with Crippen LogP contribution in [0.5, 0.6) is 0 Å². The molecule has 0 atom stereocenters. The summed E-state index contributed by atoms with van der Waals surface area (Å²) in [7, 11) is 0. The van der Waals surface area contributed by atoms with Crippen molar-refractivity contribution in [2.75, 3.05) is 6.61 Å². The molecule has 3 N–H and O–H groups in total. The van der Waals surface area contributed by atoms with Crippen molar-refractivity contribution in [2.45, 2.75) is 6.42 Å². The molecule has 0 saturated carbocycles. The number of hydrogen-bond acceptors (Lipinski definition) is 2. The average molecular weight is 213 g/mol. The van der Waals surface area contributed by atoms with E-state index in [1.165, 1.54) is 0 Å². The molecule has 3 heteroatoms. The van der Waals surface area contributed by atoms with Crippen molar-refractivity contribution in [1.82, 2.24) is 0 Å². The molecule has 1 aromatic carbocycles. The minimum Gasteiger partial charge on any atom is -0.395 e. The zero-order valence-corrected chi connectivity index (χ0v) is 8.66. The van der Waals surface area contributed by atoms with Crippen LogP contribution in [-0.4, -0.2) is 17.6 Å². The monoisotopic (exact) mass is 213 g/mol. The van der Waals surface area contributed by atoms with E-state index in [0.29, 0.717) is 12.0 Å². The van der Waals surface area contributed by atoms with E-state index < -0.39 is 5.91 Å². The Hall–Kier alpha value is -2.23. The van der Waals surface area contributed by atoms with Crippen LogP contribution in [0.4, 0.5) is 0 Å². The molecule has 0 unspecified atom stereocenters. The number of rotatable bonds is 2. The van der Waals surface area contributed by atoms with Crippen LogP contribution in [0.3, 0.4) is 0 Å². The van der Waals surface area contributed by atoms with E-state index in [4.69, 9.17) is 10.8 Å². The summed E-state index contributed by atoms with van der Waals surface area (Å²) in [6.07, 6.45) is 0.426. The normalized spacial score (nSPS) is 8.31. The maximum Gasteiger partial charge on any atom is 0.248 e. The lowest BCUT2D eigenvalue weighted by atomic mass is 10.1. The zero-order valence-electron chi connectivity index (χ0n) is 8.66. The van der Waals surface area contributed by atoms with Gasteiger partial charge in [0.05, 0.1) is 6.61 Å². The largest absolute Gasteiger partial charge is 0.395 e. The molecule has 0 aliphatic carbocycles. The van der Waals surface area contributed by atoms with Crippen LogP contribution in [0.25, 0.3) is 0 Å². The van der Waals surface area contributed by atoms with Crippen molar-refractivity contribution in [3.8, 4) is 23.7 Å². The number of primary amides is 1. The summed E-state index contributed by atoms with van der Waals surface area (Å²) in [5.74, 6) is 10.3. The second kappa shape index (κ2) is 6.29. The summed E-state index contributed by atoms with van der Waals surface area (Å²) in [5.41, 5.74) is 6.32. The molecule has 0 fully saturated rings. The highest BCUT2D eigenvalue weighted by Gasteiger charge is 1.97. The van der Waals surface area contributed by atoms with Crippen LogP contribution in [0.2, 0.25) is 0 Å². The number of amides is 1. The number of carbonyl (C=O) groups excluding carboxylic acids is 1. The molecular weight excluding hydrogens is 202 g/mol. The van der Waals surface area contributed by atoms with Crippen molar-refractivity contribution in [3.05, 3.63) is 35.4 Å². The first kappa shape index (κ1) is 11.8. The van der Waals surface area contributed by atoms with E-state index in [1.807, 2.05) is 0 Å². The van der Waals surface area contributed by atoms with Gasteiger partial charge in [0.1, 0.15) is 0 Å². The number of benzene rings is 1. The first-order valence-electron chi connectivity index (χ1n) is 4.73. The standard InChI is InChI=1S/C13H11NO2/c14-13(16)12-8-6-11(7-9-12)5-3-1-2-4-10-15/h6-9,15H,4,10H2,(H2,14,16). The van der Waals surface area contributed by atoms with Crippen LogP contribution < -0.4 is 5.73 Å². The van der Waals surface area contributed by atoms with Crippen LogP contribution in [-0.2, 0) is 0 Å². The van der Waals surface area contributed by atoms with Gasteiger partial charge in [0, 0.05) is 17.5 Å². The molecule has 1 amide bonds. The third-order valence-corrected chi connectivity index (χ3v) is 1.76. The molecular formula is C13H11NO2. The smallest absolute Gasteiger partial charge is 0.248 e. The van der Waals surface area contributed by atoms with Gasteiger partial charge in [-0.2, -0.15) is 0 Å². The summed E-state index contributed by atoms with van der Waals surface area (Å²) in [6, 6.07) is 6.66. The highest BCUT2D eigenvalue weighted by atomic mass is 16.2. The van der Waals surface area contributed by atoms with Gasteiger partial charge in [0.15, 0.2) is 0 Å². The fourth-order valence-electron chi connectivity index (χ4n) is 0.984. The Morgan fingerprint density at radius 3 is 2.50 bits per heavy atom. The van der Waals surface area contributed by atoms with Crippen molar-refractivity contribution in [1.29, 1.82) is 0 Å². The van der Waals surface area contributed by atoms with Gasteiger partial charge >= 0.3 is 0 Å². The first-order valence-corrected chi connectivity index (χ1v) is 4.73. The van der Waals surface area contributed by atoms with Gasteiger partial charge in [-0.05, 0) is 36.1 Å². The second-order valence-corrected chi connectivity index (χ2v) is 2.97. The lowest BCUT2D eigenvalue weighted by Gasteiger charge is -1.93. The van der Waals surface area contributed by atoms with Gasteiger partial charge in [-0.15, -0.1) is 0 Å². The molecule has 0 spiro atoms. The molecule has 3 nitrogen and oxygen atoms in total.